The highest BCUT2D eigenvalue weighted by Gasteiger charge is 2.49. The van der Waals surface area contributed by atoms with E-state index in [-0.39, 0.29) is 5.41 Å². The highest BCUT2D eigenvalue weighted by molar-refractivity contribution is 5.96. The van der Waals surface area contributed by atoms with Crippen LogP contribution >= 0.6 is 0 Å². The fraction of sp³-hybridized carbons (Fsp3) is 0.163. The Balaban J connectivity index is 0.809. The number of para-hydroxylation sites is 1. The Morgan fingerprint density at radius 2 is 0.670 bits per heavy atom. The van der Waals surface area contributed by atoms with Crippen LogP contribution in [0.25, 0.3) is 77.9 Å². The minimum Gasteiger partial charge on any atom is -0.311 e. The molecule has 2 nitrogen and oxygen atoms in total. The van der Waals surface area contributed by atoms with Crippen LogP contribution in [0.5, 0.6) is 0 Å². The van der Waals surface area contributed by atoms with Crippen LogP contribution in [0.2, 0.25) is 0 Å². The molecule has 5 aliphatic rings. The third kappa shape index (κ3) is 9.58. The first-order valence-corrected chi connectivity index (χ1v) is 32.0. The van der Waals surface area contributed by atoms with Gasteiger partial charge in [-0.25, -0.2) is 0 Å². The Kier molecular flexibility index (Phi) is 13.5. The molecule has 0 N–H and O–H groups in total. The van der Waals surface area contributed by atoms with Gasteiger partial charge >= 0.3 is 0 Å². The summed E-state index contributed by atoms with van der Waals surface area (Å²) in [7, 11) is 0. The molecule has 0 saturated heterocycles. The van der Waals surface area contributed by atoms with E-state index >= 15 is 0 Å². The van der Waals surface area contributed by atoms with Crippen molar-refractivity contribution in [1.82, 2.24) is 0 Å². The van der Waals surface area contributed by atoms with Crippen molar-refractivity contribution in [3.8, 4) is 77.9 Å². The van der Waals surface area contributed by atoms with Crippen LogP contribution in [0, 0.1) is 30.6 Å². The molecule has 0 radical (unpaired) electrons. The van der Waals surface area contributed by atoms with Gasteiger partial charge in [0.1, 0.15) is 0 Å². The summed E-state index contributed by atoms with van der Waals surface area (Å²) < 4.78 is 0. The van der Waals surface area contributed by atoms with Crippen molar-refractivity contribution in [3.63, 3.8) is 0 Å². The van der Waals surface area contributed by atoms with E-state index in [1.807, 2.05) is 0 Å². The average Bonchev–Trinajstić information content (AvgIpc) is 2.43. The van der Waals surface area contributed by atoms with Gasteiger partial charge in [-0.3, -0.25) is 0 Å². The molecule has 2 heteroatoms. The van der Waals surface area contributed by atoms with Gasteiger partial charge in [0.05, 0.1) is 0 Å². The molecule has 88 heavy (non-hydrogen) atoms. The first kappa shape index (κ1) is 53.7. The molecule has 0 unspecified atom stereocenters. The van der Waals surface area contributed by atoms with E-state index in [1.165, 1.54) is 144 Å². The summed E-state index contributed by atoms with van der Waals surface area (Å²) in [6.45, 7) is 7.12. The molecule has 0 aromatic heterocycles. The molecule has 0 amide bonds. The van der Waals surface area contributed by atoms with Crippen LogP contribution < -0.4 is 9.80 Å². The van der Waals surface area contributed by atoms with Gasteiger partial charge < -0.3 is 9.80 Å². The zero-order valence-electron chi connectivity index (χ0n) is 50.5. The lowest BCUT2D eigenvalue weighted by molar-refractivity contribution is -0.00259. The molecule has 5 aliphatic carbocycles. The molecular weight excluding hydrogens is 1060 g/mol. The van der Waals surface area contributed by atoms with Gasteiger partial charge in [-0.15, -0.1) is 0 Å². The number of nitrogens with zero attached hydrogens (tertiary/aromatic N) is 2. The Morgan fingerprint density at radius 1 is 0.295 bits per heavy atom. The number of benzene rings is 12. The maximum atomic E-state index is 2.62. The van der Waals surface area contributed by atoms with Gasteiger partial charge in [-0.1, -0.05) is 226 Å². The molecule has 12 aromatic rings. The topological polar surface area (TPSA) is 6.48 Å². The van der Waals surface area contributed by atoms with Crippen LogP contribution in [0.4, 0.5) is 34.1 Å². The molecule has 4 saturated carbocycles. The number of aryl methyl sites for hydroxylation is 1. The van der Waals surface area contributed by atoms with E-state index in [4.69, 9.17) is 0 Å². The molecule has 0 spiro atoms. The van der Waals surface area contributed by atoms with Crippen molar-refractivity contribution >= 4 is 34.1 Å². The van der Waals surface area contributed by atoms with E-state index in [0.717, 1.165) is 46.3 Å². The summed E-state index contributed by atoms with van der Waals surface area (Å²) in [6.07, 6.45) is 7.01. The van der Waals surface area contributed by atoms with Crippen LogP contribution in [0.3, 0.4) is 0 Å². The molecule has 0 aliphatic heterocycles. The predicted molar refractivity (Wildman–Crippen MR) is 371 cm³/mol. The third-order valence-electron chi connectivity index (χ3n) is 20.6. The Hall–Kier alpha value is -9.76. The van der Waals surface area contributed by atoms with Crippen molar-refractivity contribution in [1.29, 1.82) is 0 Å². The van der Waals surface area contributed by atoms with Gasteiger partial charge in [0, 0.05) is 39.5 Å². The summed E-state index contributed by atoms with van der Waals surface area (Å²) in [5.41, 5.74) is 29.6. The van der Waals surface area contributed by atoms with E-state index in [1.54, 1.807) is 0 Å². The van der Waals surface area contributed by atoms with E-state index in [0.29, 0.717) is 5.92 Å². The van der Waals surface area contributed by atoms with Gasteiger partial charge in [-0.2, -0.15) is 0 Å². The largest absolute Gasteiger partial charge is 0.311 e. The lowest BCUT2D eigenvalue weighted by atomic mass is 9.50. The van der Waals surface area contributed by atoms with Crippen LogP contribution in [-0.2, 0) is 5.41 Å². The highest BCUT2D eigenvalue weighted by Crippen LogP contribution is 2.62. The second-order valence-corrected chi connectivity index (χ2v) is 26.1. The summed E-state index contributed by atoms with van der Waals surface area (Å²) in [5, 5.41) is 0. The number of fused-ring (bicyclic) bond motifs is 3. The lowest BCUT2D eigenvalue weighted by Gasteiger charge is -2.55. The Morgan fingerprint density at radius 3 is 1.14 bits per heavy atom. The van der Waals surface area contributed by atoms with E-state index in [2.05, 4.69) is 322 Å². The SMILES string of the molecule is Cc1cccc2c1-c1ccc(N(c3ccc(-c4cc(-c5ccccc5)c(-c5ccc(N(c6ccc(-c7ccccc7)cc6)c6ccc(-c7ccccc7)cc6)cc5)cc4-c4ccccc4)cc3)c3ccccc3C3C4CC5CC(C4)CC3C5)cc1C2(C)C. The minimum atomic E-state index is -0.131. The number of hydrogen-bond donors (Lipinski definition) is 0. The first-order chi connectivity index (χ1) is 43.3. The van der Waals surface area contributed by atoms with Crippen molar-refractivity contribution in [3.05, 3.63) is 313 Å². The Labute approximate surface area is 520 Å². The molecule has 426 valence electrons. The standard InChI is InChI=1S/C86H72N2/c1-57-19-18-29-81-84(57)75-48-47-74(54-82(75)86(81,2)3)88(83-30-17-16-28-76(83)85-68-50-58-49-59(52-68)53-69(85)51-58)73-45-37-67(38-46-73)80-56-77(64-24-12-6-13-25-64)79(55-78(80)65-26-14-7-15-27-65)66-35-43-72(44-36-66)87(70-39-31-62(32-40-70)60-20-8-4-9-21-60)71-41-33-63(34-42-71)61-22-10-5-11-23-61/h4-48,54-56,58-59,68-69,85H,49-53H2,1-3H3. The number of anilines is 6. The van der Waals surface area contributed by atoms with Crippen molar-refractivity contribution < 1.29 is 0 Å². The Bertz CT molecular complexity index is 4380. The number of hydrogen-bond acceptors (Lipinski definition) is 2. The van der Waals surface area contributed by atoms with Crippen LogP contribution in [0.1, 0.15) is 74.1 Å². The number of rotatable bonds is 13. The summed E-state index contributed by atoms with van der Waals surface area (Å²) in [4.78, 5) is 5.00. The van der Waals surface area contributed by atoms with Gasteiger partial charge in [0.25, 0.3) is 0 Å². The van der Waals surface area contributed by atoms with Gasteiger partial charge in [-0.05, 0) is 248 Å². The molecule has 4 bridgehead atoms. The first-order valence-electron chi connectivity index (χ1n) is 32.0. The maximum Gasteiger partial charge on any atom is 0.0496 e. The smallest absolute Gasteiger partial charge is 0.0496 e. The highest BCUT2D eigenvalue weighted by atomic mass is 15.1. The molecule has 12 aromatic carbocycles. The quantitative estimate of drug-likeness (QED) is 0.114. The zero-order valence-corrected chi connectivity index (χ0v) is 50.5. The van der Waals surface area contributed by atoms with Crippen LogP contribution in [0.15, 0.2) is 291 Å². The maximum absolute atomic E-state index is 2.62. The van der Waals surface area contributed by atoms with Crippen molar-refractivity contribution in [2.75, 3.05) is 9.80 Å². The molecular formula is C86H72N2. The summed E-state index contributed by atoms with van der Waals surface area (Å²) >= 11 is 0. The third-order valence-corrected chi connectivity index (χ3v) is 20.6. The molecule has 17 rings (SSSR count). The minimum absolute atomic E-state index is 0.131. The normalized spacial score (nSPS) is 18.4. The monoisotopic (exact) mass is 1130 g/mol. The fourth-order valence-electron chi connectivity index (χ4n) is 16.6. The van der Waals surface area contributed by atoms with Gasteiger partial charge in [0.2, 0.25) is 0 Å². The second kappa shape index (κ2) is 22.2. The summed E-state index contributed by atoms with van der Waals surface area (Å²) in [5.74, 6) is 3.93. The average molecular weight is 1130 g/mol. The molecule has 0 heterocycles. The second-order valence-electron chi connectivity index (χ2n) is 26.1. The van der Waals surface area contributed by atoms with Crippen molar-refractivity contribution in [2.24, 2.45) is 23.7 Å². The van der Waals surface area contributed by atoms with Gasteiger partial charge in [0.15, 0.2) is 0 Å². The van der Waals surface area contributed by atoms with E-state index < -0.39 is 0 Å². The predicted octanol–water partition coefficient (Wildman–Crippen LogP) is 23.8. The lowest BCUT2D eigenvalue weighted by Crippen LogP contribution is -2.44. The molecule has 4 fully saturated rings. The summed E-state index contributed by atoms with van der Waals surface area (Å²) in [6, 6.07) is 109. The van der Waals surface area contributed by atoms with Crippen LogP contribution in [-0.4, -0.2) is 0 Å². The fourth-order valence-corrected chi connectivity index (χ4v) is 16.6. The molecule has 0 atom stereocenters. The van der Waals surface area contributed by atoms with Crippen molar-refractivity contribution in [2.45, 2.75) is 64.2 Å². The zero-order chi connectivity index (χ0) is 58.9. The van der Waals surface area contributed by atoms with E-state index in [9.17, 15) is 0 Å².